The van der Waals surface area contributed by atoms with Crippen molar-refractivity contribution in [2.75, 3.05) is 31.1 Å². The number of carbonyl (C=O) groups excluding carboxylic acids is 2. The van der Waals surface area contributed by atoms with Crippen LogP contribution in [0.2, 0.25) is 5.02 Å². The van der Waals surface area contributed by atoms with Gasteiger partial charge >= 0.3 is 0 Å². The third-order valence-electron chi connectivity index (χ3n) is 4.71. The van der Waals surface area contributed by atoms with Gasteiger partial charge in [-0.05, 0) is 50.2 Å². The highest BCUT2D eigenvalue weighted by atomic mass is 35.5. The van der Waals surface area contributed by atoms with Crippen LogP contribution in [-0.2, 0) is 4.79 Å². The van der Waals surface area contributed by atoms with Crippen LogP contribution in [0.15, 0.2) is 48.5 Å². The molecule has 7 heteroatoms. The van der Waals surface area contributed by atoms with Crippen molar-refractivity contribution in [2.24, 2.45) is 0 Å². The molecule has 0 atom stereocenters. The van der Waals surface area contributed by atoms with Gasteiger partial charge in [-0.15, -0.1) is 0 Å². The Morgan fingerprint density at radius 3 is 2.29 bits per heavy atom. The van der Waals surface area contributed by atoms with Gasteiger partial charge in [0.05, 0.1) is 5.97 Å². The Morgan fingerprint density at radius 2 is 1.68 bits per heavy atom. The number of ether oxygens (including phenoxy) is 1. The first-order chi connectivity index (χ1) is 13.3. The van der Waals surface area contributed by atoms with Crippen LogP contribution < -0.4 is 14.7 Å². The Morgan fingerprint density at radius 1 is 1.04 bits per heavy atom. The van der Waals surface area contributed by atoms with Gasteiger partial charge in [0.2, 0.25) is 0 Å². The zero-order valence-corrected chi connectivity index (χ0v) is 16.6. The number of benzene rings is 2. The third-order valence-corrected chi connectivity index (χ3v) is 4.96. The molecular weight excluding hydrogens is 380 g/mol. The zero-order valence-electron chi connectivity index (χ0n) is 15.9. The Hall–Kier alpha value is -2.73. The molecule has 0 bridgehead atoms. The lowest BCUT2D eigenvalue weighted by atomic mass is 10.1. The van der Waals surface area contributed by atoms with Gasteiger partial charge in [-0.2, -0.15) is 0 Å². The predicted molar refractivity (Wildman–Crippen MR) is 106 cm³/mol. The summed E-state index contributed by atoms with van der Waals surface area (Å²) in [5, 5.41) is 11.8. The van der Waals surface area contributed by atoms with Crippen molar-refractivity contribution >= 4 is 29.2 Å². The van der Waals surface area contributed by atoms with Crippen molar-refractivity contribution < 1.29 is 19.4 Å². The van der Waals surface area contributed by atoms with Crippen molar-refractivity contribution in [3.05, 3.63) is 59.1 Å². The van der Waals surface area contributed by atoms with Crippen LogP contribution in [0.5, 0.6) is 5.75 Å². The van der Waals surface area contributed by atoms with E-state index in [4.69, 9.17) is 16.3 Å². The van der Waals surface area contributed by atoms with Crippen LogP contribution >= 0.6 is 11.6 Å². The standard InChI is InChI=1S/C21H23ClN2O4/c1-21(2,20(26)27)28-18-5-3-4-17(14-18)23-10-12-24(13-11-23)19(25)15-6-8-16(22)9-7-15/h3-9,14H,10-13H2,1-2H3,(H,26,27)/p-1. The number of piperazine rings is 1. The van der Waals surface area contributed by atoms with E-state index in [1.54, 1.807) is 36.4 Å². The lowest BCUT2D eigenvalue weighted by molar-refractivity contribution is -0.320. The fourth-order valence-corrected chi connectivity index (χ4v) is 3.15. The first-order valence-electron chi connectivity index (χ1n) is 9.06. The molecule has 0 aromatic heterocycles. The number of nitrogens with zero attached hydrogens (tertiary/aromatic N) is 2. The Bertz CT molecular complexity index is 859. The van der Waals surface area contributed by atoms with Gasteiger partial charge < -0.3 is 24.4 Å². The van der Waals surface area contributed by atoms with Crippen molar-refractivity contribution in [1.82, 2.24) is 4.90 Å². The minimum atomic E-state index is -1.41. The zero-order chi connectivity index (χ0) is 20.3. The molecule has 1 aliphatic heterocycles. The first-order valence-corrected chi connectivity index (χ1v) is 9.44. The maximum absolute atomic E-state index is 12.6. The summed E-state index contributed by atoms with van der Waals surface area (Å²) in [6.07, 6.45) is 0. The van der Waals surface area contributed by atoms with Gasteiger partial charge in [0, 0.05) is 48.5 Å². The number of carboxylic acid groups (broad SMARTS) is 1. The maximum Gasteiger partial charge on any atom is 0.253 e. The van der Waals surface area contributed by atoms with Crippen LogP contribution in [0.3, 0.4) is 0 Å². The summed E-state index contributed by atoms with van der Waals surface area (Å²) >= 11 is 5.88. The number of hydrogen-bond donors (Lipinski definition) is 0. The van der Waals surface area contributed by atoms with Gasteiger partial charge in [0.1, 0.15) is 11.4 Å². The predicted octanol–water partition coefficient (Wildman–Crippen LogP) is 2.21. The molecule has 1 aliphatic rings. The minimum absolute atomic E-state index is 0.0101. The Labute approximate surface area is 169 Å². The van der Waals surface area contributed by atoms with Gasteiger partial charge in [-0.25, -0.2) is 0 Å². The molecule has 1 saturated heterocycles. The van der Waals surface area contributed by atoms with Gasteiger partial charge in [-0.1, -0.05) is 17.7 Å². The molecule has 2 aromatic rings. The largest absolute Gasteiger partial charge is 0.546 e. The highest BCUT2D eigenvalue weighted by Crippen LogP contribution is 2.25. The number of carbonyl (C=O) groups is 2. The molecule has 1 fully saturated rings. The smallest absolute Gasteiger partial charge is 0.253 e. The van der Waals surface area contributed by atoms with Gasteiger partial charge in [0.15, 0.2) is 0 Å². The molecule has 3 rings (SSSR count). The van der Waals surface area contributed by atoms with Gasteiger partial charge in [-0.3, -0.25) is 4.79 Å². The van der Waals surface area contributed by atoms with Crippen molar-refractivity contribution in [2.45, 2.75) is 19.4 Å². The minimum Gasteiger partial charge on any atom is -0.546 e. The Balaban J connectivity index is 1.63. The normalized spacial score (nSPS) is 14.7. The van der Waals surface area contributed by atoms with Crippen molar-refractivity contribution in [3.8, 4) is 5.75 Å². The molecule has 28 heavy (non-hydrogen) atoms. The van der Waals surface area contributed by atoms with Gasteiger partial charge in [0.25, 0.3) is 5.91 Å². The number of halogens is 1. The van der Waals surface area contributed by atoms with Crippen molar-refractivity contribution in [1.29, 1.82) is 0 Å². The second-order valence-corrected chi connectivity index (χ2v) is 7.62. The Kier molecular flexibility index (Phi) is 5.79. The van der Waals surface area contributed by atoms with Crippen LogP contribution in [-0.4, -0.2) is 48.6 Å². The van der Waals surface area contributed by atoms with Crippen LogP contribution in [0.1, 0.15) is 24.2 Å². The number of rotatable bonds is 5. The molecule has 2 aromatic carbocycles. The van der Waals surface area contributed by atoms with E-state index in [1.807, 2.05) is 17.0 Å². The molecule has 6 nitrogen and oxygen atoms in total. The van der Waals surface area contributed by atoms with Crippen LogP contribution in [0, 0.1) is 0 Å². The molecule has 1 amide bonds. The summed E-state index contributed by atoms with van der Waals surface area (Å²) in [6.45, 7) is 5.44. The maximum atomic E-state index is 12.6. The summed E-state index contributed by atoms with van der Waals surface area (Å²) < 4.78 is 5.56. The molecule has 0 spiro atoms. The number of anilines is 1. The van der Waals surface area contributed by atoms with Crippen LogP contribution in [0.25, 0.3) is 0 Å². The molecule has 1 heterocycles. The molecule has 0 N–H and O–H groups in total. The van der Waals surface area contributed by atoms with Crippen molar-refractivity contribution in [3.63, 3.8) is 0 Å². The van der Waals surface area contributed by atoms with Crippen LogP contribution in [0.4, 0.5) is 5.69 Å². The molecule has 148 valence electrons. The average Bonchev–Trinajstić information content (AvgIpc) is 2.68. The second kappa shape index (κ2) is 8.10. The number of aliphatic carboxylic acids is 1. The summed E-state index contributed by atoms with van der Waals surface area (Å²) in [6, 6.07) is 14.2. The second-order valence-electron chi connectivity index (χ2n) is 7.18. The molecule has 0 aliphatic carbocycles. The summed E-state index contributed by atoms with van der Waals surface area (Å²) in [7, 11) is 0. The lowest BCUT2D eigenvalue weighted by Crippen LogP contribution is -2.49. The highest BCUT2D eigenvalue weighted by molar-refractivity contribution is 6.30. The third kappa shape index (κ3) is 4.57. The number of hydrogen-bond acceptors (Lipinski definition) is 5. The van der Waals surface area contributed by atoms with E-state index in [0.717, 1.165) is 5.69 Å². The first kappa shape index (κ1) is 20.0. The van der Waals surface area contributed by atoms with E-state index in [9.17, 15) is 14.7 Å². The van der Waals surface area contributed by atoms with E-state index in [0.29, 0.717) is 42.5 Å². The molecule has 0 unspecified atom stereocenters. The lowest BCUT2D eigenvalue weighted by Gasteiger charge is -2.36. The molecule has 0 radical (unpaired) electrons. The molecule has 0 saturated carbocycles. The van der Waals surface area contributed by atoms with E-state index >= 15 is 0 Å². The van der Waals surface area contributed by atoms with E-state index < -0.39 is 11.6 Å². The molecular formula is C21H22ClN2O4-. The fourth-order valence-electron chi connectivity index (χ4n) is 3.02. The average molecular weight is 402 g/mol. The topological polar surface area (TPSA) is 72.9 Å². The fraction of sp³-hybridized carbons (Fsp3) is 0.333. The number of carboxylic acids is 1. The summed E-state index contributed by atoms with van der Waals surface area (Å²) in [5.74, 6) is -0.817. The van der Waals surface area contributed by atoms with E-state index in [1.165, 1.54) is 13.8 Å². The number of amides is 1. The summed E-state index contributed by atoms with van der Waals surface area (Å²) in [4.78, 5) is 27.7. The van der Waals surface area contributed by atoms with E-state index in [-0.39, 0.29) is 5.91 Å². The quantitative estimate of drug-likeness (QED) is 0.768. The summed E-state index contributed by atoms with van der Waals surface area (Å²) in [5.41, 5.74) is 0.130. The highest BCUT2D eigenvalue weighted by Gasteiger charge is 2.24. The SMILES string of the molecule is CC(C)(Oc1cccc(N2CCN(C(=O)c3ccc(Cl)cc3)CC2)c1)C(=O)[O-]. The monoisotopic (exact) mass is 401 g/mol. The van der Waals surface area contributed by atoms with E-state index in [2.05, 4.69) is 4.90 Å².